The molecule has 0 radical (unpaired) electrons. The molecule has 0 bridgehead atoms. The summed E-state index contributed by atoms with van der Waals surface area (Å²) in [6.07, 6.45) is 2.23. The van der Waals surface area contributed by atoms with Crippen LogP contribution in [0.1, 0.15) is 39.2 Å². The molecule has 4 nitrogen and oxygen atoms in total. The Kier molecular flexibility index (Phi) is 5.22. The molecule has 1 aliphatic rings. The van der Waals surface area contributed by atoms with Crippen LogP contribution in [0.25, 0.3) is 0 Å². The van der Waals surface area contributed by atoms with E-state index in [0.717, 1.165) is 37.2 Å². The Bertz CT molecular complexity index is 881. The van der Waals surface area contributed by atoms with Crippen LogP contribution in [0, 0.1) is 0 Å². The first-order valence-corrected chi connectivity index (χ1v) is 10.7. The summed E-state index contributed by atoms with van der Waals surface area (Å²) in [4.78, 5) is 2.44. The molecule has 0 saturated carbocycles. The van der Waals surface area contributed by atoms with Gasteiger partial charge in [-0.1, -0.05) is 44.5 Å². The Morgan fingerprint density at radius 2 is 1.62 bits per heavy atom. The predicted octanol–water partition coefficient (Wildman–Crippen LogP) is 5.04. The van der Waals surface area contributed by atoms with E-state index in [4.69, 9.17) is 11.6 Å². The van der Waals surface area contributed by atoms with Crippen LogP contribution in [0.3, 0.4) is 0 Å². The van der Waals surface area contributed by atoms with E-state index < -0.39 is 10.0 Å². The van der Waals surface area contributed by atoms with Gasteiger partial charge in [0.05, 0.1) is 16.3 Å². The van der Waals surface area contributed by atoms with E-state index in [1.54, 1.807) is 24.3 Å². The van der Waals surface area contributed by atoms with Gasteiger partial charge in [0.15, 0.2) is 0 Å². The van der Waals surface area contributed by atoms with Crippen molar-refractivity contribution in [2.75, 3.05) is 22.7 Å². The van der Waals surface area contributed by atoms with Gasteiger partial charge in [0.1, 0.15) is 0 Å². The van der Waals surface area contributed by atoms with Crippen molar-refractivity contribution in [3.05, 3.63) is 53.1 Å². The smallest absolute Gasteiger partial charge is 0.261 e. The van der Waals surface area contributed by atoms with Crippen LogP contribution in [0.4, 0.5) is 11.4 Å². The lowest BCUT2D eigenvalue weighted by Crippen LogP contribution is -2.21. The summed E-state index contributed by atoms with van der Waals surface area (Å²) < 4.78 is 28.5. The summed E-state index contributed by atoms with van der Waals surface area (Å²) >= 11 is 6.12. The summed E-state index contributed by atoms with van der Waals surface area (Å²) in [5.41, 5.74) is 2.48. The molecule has 1 aliphatic heterocycles. The fraction of sp³-hybridized carbons (Fsp3) is 0.400. The number of nitrogens with one attached hydrogen (secondary N) is 1. The normalized spacial score (nSPS) is 15.3. The van der Waals surface area contributed by atoms with Crippen LogP contribution in [-0.4, -0.2) is 21.5 Å². The zero-order valence-electron chi connectivity index (χ0n) is 15.4. The van der Waals surface area contributed by atoms with Crippen molar-refractivity contribution >= 4 is 33.0 Å². The van der Waals surface area contributed by atoms with Gasteiger partial charge >= 0.3 is 0 Å². The second kappa shape index (κ2) is 7.12. The first-order valence-electron chi connectivity index (χ1n) is 8.85. The molecular formula is C20H25ClN2O2S. The molecule has 26 heavy (non-hydrogen) atoms. The van der Waals surface area contributed by atoms with Crippen LogP contribution in [0.15, 0.2) is 47.4 Å². The second-order valence-corrected chi connectivity index (χ2v) is 9.85. The van der Waals surface area contributed by atoms with E-state index >= 15 is 0 Å². The lowest BCUT2D eigenvalue weighted by atomic mass is 9.87. The zero-order chi connectivity index (χ0) is 18.9. The average molecular weight is 393 g/mol. The summed E-state index contributed by atoms with van der Waals surface area (Å²) in [5.74, 6) is 0. The van der Waals surface area contributed by atoms with Gasteiger partial charge in [-0.05, 0) is 54.2 Å². The SMILES string of the molecule is CC(C)(C)c1ccc(S(=O)(=O)Nc2cc(Cl)ccc2N2CCCC2)cc1. The van der Waals surface area contributed by atoms with Crippen LogP contribution >= 0.6 is 11.6 Å². The summed E-state index contributed by atoms with van der Waals surface area (Å²) in [6.45, 7) is 8.16. The Labute approximate surface area is 161 Å². The highest BCUT2D eigenvalue weighted by atomic mass is 35.5. The maximum absolute atomic E-state index is 12.9. The van der Waals surface area contributed by atoms with Crippen LogP contribution < -0.4 is 9.62 Å². The molecule has 0 aromatic heterocycles. The maximum atomic E-state index is 12.9. The molecule has 0 aliphatic carbocycles. The van der Waals surface area contributed by atoms with Crippen molar-refractivity contribution < 1.29 is 8.42 Å². The van der Waals surface area contributed by atoms with E-state index in [2.05, 4.69) is 30.4 Å². The van der Waals surface area contributed by atoms with Gasteiger partial charge in [0.25, 0.3) is 10.0 Å². The van der Waals surface area contributed by atoms with Gasteiger partial charge in [0, 0.05) is 18.1 Å². The largest absolute Gasteiger partial charge is 0.370 e. The molecule has 1 saturated heterocycles. The van der Waals surface area contributed by atoms with Gasteiger partial charge in [0.2, 0.25) is 0 Å². The van der Waals surface area contributed by atoms with E-state index in [1.807, 2.05) is 18.2 Å². The third-order valence-corrected chi connectivity index (χ3v) is 6.30. The molecule has 1 heterocycles. The van der Waals surface area contributed by atoms with Gasteiger partial charge in [-0.15, -0.1) is 0 Å². The molecular weight excluding hydrogens is 368 g/mol. The third-order valence-electron chi connectivity index (χ3n) is 4.68. The standard InChI is InChI=1S/C20H25ClN2O2S/c1-20(2,3)15-6-9-17(10-7-15)26(24,25)22-18-14-16(21)8-11-19(18)23-12-4-5-13-23/h6-11,14,22H,4-5,12-13H2,1-3H3. The zero-order valence-corrected chi connectivity index (χ0v) is 17.0. The Morgan fingerprint density at radius 1 is 1.00 bits per heavy atom. The fourth-order valence-electron chi connectivity index (χ4n) is 3.16. The van der Waals surface area contributed by atoms with Crippen LogP contribution in [-0.2, 0) is 15.4 Å². The molecule has 3 rings (SSSR count). The minimum atomic E-state index is -3.68. The average Bonchev–Trinajstić information content (AvgIpc) is 3.08. The summed E-state index contributed by atoms with van der Waals surface area (Å²) in [7, 11) is -3.68. The van der Waals surface area contributed by atoms with Crippen LogP contribution in [0.2, 0.25) is 5.02 Å². The highest BCUT2D eigenvalue weighted by Crippen LogP contribution is 2.33. The number of hydrogen-bond acceptors (Lipinski definition) is 3. The van der Waals surface area contributed by atoms with Crippen molar-refractivity contribution in [1.29, 1.82) is 0 Å². The van der Waals surface area contributed by atoms with Crippen molar-refractivity contribution in [3.8, 4) is 0 Å². The number of nitrogens with zero attached hydrogens (tertiary/aromatic N) is 1. The Balaban J connectivity index is 1.91. The molecule has 0 spiro atoms. The maximum Gasteiger partial charge on any atom is 0.261 e. The fourth-order valence-corrected chi connectivity index (χ4v) is 4.40. The predicted molar refractivity (Wildman–Crippen MR) is 109 cm³/mol. The highest BCUT2D eigenvalue weighted by molar-refractivity contribution is 7.92. The minimum absolute atomic E-state index is 0.0222. The van der Waals surface area contributed by atoms with E-state index in [0.29, 0.717) is 10.7 Å². The number of halogens is 1. The monoisotopic (exact) mass is 392 g/mol. The van der Waals surface area contributed by atoms with Crippen molar-refractivity contribution in [1.82, 2.24) is 0 Å². The topological polar surface area (TPSA) is 49.4 Å². The first-order chi connectivity index (χ1) is 12.2. The van der Waals surface area contributed by atoms with Crippen LogP contribution in [0.5, 0.6) is 0 Å². The lowest BCUT2D eigenvalue weighted by Gasteiger charge is -2.22. The van der Waals surface area contributed by atoms with E-state index in [9.17, 15) is 8.42 Å². The lowest BCUT2D eigenvalue weighted by molar-refractivity contribution is 0.587. The summed E-state index contributed by atoms with van der Waals surface area (Å²) in [6, 6.07) is 12.4. The molecule has 1 N–H and O–H groups in total. The highest BCUT2D eigenvalue weighted by Gasteiger charge is 2.21. The molecule has 2 aromatic rings. The number of hydrogen-bond donors (Lipinski definition) is 1. The number of benzene rings is 2. The van der Waals surface area contributed by atoms with Gasteiger partial charge < -0.3 is 4.90 Å². The minimum Gasteiger partial charge on any atom is -0.370 e. The molecule has 140 valence electrons. The van der Waals surface area contributed by atoms with Crippen molar-refractivity contribution in [2.45, 2.75) is 43.9 Å². The molecule has 0 unspecified atom stereocenters. The Hall–Kier alpha value is -1.72. The van der Waals surface area contributed by atoms with Crippen molar-refractivity contribution in [2.24, 2.45) is 0 Å². The number of anilines is 2. The molecule has 2 aromatic carbocycles. The van der Waals surface area contributed by atoms with E-state index in [1.165, 1.54) is 0 Å². The number of sulfonamides is 1. The quantitative estimate of drug-likeness (QED) is 0.793. The van der Waals surface area contributed by atoms with E-state index in [-0.39, 0.29) is 10.3 Å². The Morgan fingerprint density at radius 3 is 2.19 bits per heavy atom. The molecule has 0 amide bonds. The third kappa shape index (κ3) is 4.15. The van der Waals surface area contributed by atoms with Crippen molar-refractivity contribution in [3.63, 3.8) is 0 Å². The van der Waals surface area contributed by atoms with Gasteiger partial charge in [-0.25, -0.2) is 8.42 Å². The van der Waals surface area contributed by atoms with Gasteiger partial charge in [-0.2, -0.15) is 0 Å². The molecule has 6 heteroatoms. The van der Waals surface area contributed by atoms with Gasteiger partial charge in [-0.3, -0.25) is 4.72 Å². The molecule has 1 fully saturated rings. The number of rotatable bonds is 4. The summed E-state index contributed by atoms with van der Waals surface area (Å²) in [5, 5.41) is 0.508. The molecule has 0 atom stereocenters. The first kappa shape index (κ1) is 19.1. The second-order valence-electron chi connectivity index (χ2n) is 7.74.